The molecule has 0 heterocycles. The van der Waals surface area contributed by atoms with Gasteiger partial charge in [-0.2, -0.15) is 0 Å². The summed E-state index contributed by atoms with van der Waals surface area (Å²) in [6, 6.07) is 0. The summed E-state index contributed by atoms with van der Waals surface area (Å²) in [6.45, 7) is 13.0. The van der Waals surface area contributed by atoms with Crippen LogP contribution in [0.2, 0.25) is 0 Å². The normalized spacial score (nSPS) is 9.61. The second-order valence-electron chi connectivity index (χ2n) is 4.36. The van der Waals surface area contributed by atoms with Gasteiger partial charge >= 0.3 is 0 Å². The van der Waals surface area contributed by atoms with Crippen LogP contribution in [0.5, 0.6) is 0 Å². The van der Waals surface area contributed by atoms with Crippen molar-refractivity contribution in [2.75, 3.05) is 0 Å². The summed E-state index contributed by atoms with van der Waals surface area (Å²) in [7, 11) is 0. The van der Waals surface area contributed by atoms with E-state index < -0.39 is 0 Å². The Morgan fingerprint density at radius 3 is 1.44 bits per heavy atom. The molecule has 0 fully saturated rings. The van der Waals surface area contributed by atoms with Crippen molar-refractivity contribution in [3.05, 3.63) is 50.1 Å². The smallest absolute Gasteiger partial charge is 0.0348 e. The fourth-order valence-electron chi connectivity index (χ4n) is 1.48. The van der Waals surface area contributed by atoms with E-state index in [9.17, 15) is 0 Å². The summed E-state index contributed by atoms with van der Waals surface area (Å²) in [4.78, 5) is 0. The van der Waals surface area contributed by atoms with Gasteiger partial charge in [0.2, 0.25) is 0 Å². The van der Waals surface area contributed by atoms with Gasteiger partial charge in [-0.05, 0) is 51.9 Å². The average molecular weight is 248 g/mol. The van der Waals surface area contributed by atoms with Crippen LogP contribution in [0.1, 0.15) is 64.7 Å². The average Bonchev–Trinajstić information content (AvgIpc) is 2.40. The van der Waals surface area contributed by atoms with Crippen molar-refractivity contribution >= 4 is 0 Å². The highest BCUT2D eigenvalue weighted by Crippen LogP contribution is 2.05. The monoisotopic (exact) mass is 248 g/mol. The van der Waals surface area contributed by atoms with Crippen LogP contribution in [0.15, 0.2) is 50.1 Å². The van der Waals surface area contributed by atoms with Crippen LogP contribution in [-0.2, 0) is 0 Å². The molecule has 0 aliphatic rings. The standard InChI is InChI=1S/C10H18.C8H14/c1-3-5-7-9-10-8-6-4-2;1-3-5-7-8-6-4-2/h3-4H,1-2,5-10H2;3-4,6H,1,5,7-8H2,2H3. The number of unbranched alkanes of at least 4 members (excludes halogenated alkanes) is 7. The van der Waals surface area contributed by atoms with Gasteiger partial charge < -0.3 is 0 Å². The van der Waals surface area contributed by atoms with Crippen molar-refractivity contribution in [1.29, 1.82) is 0 Å². The zero-order valence-corrected chi connectivity index (χ0v) is 12.4. The highest BCUT2D eigenvalue weighted by Gasteiger charge is 1.85. The van der Waals surface area contributed by atoms with E-state index in [-0.39, 0.29) is 0 Å². The minimum absolute atomic E-state index is 1.14. The molecule has 0 saturated carbocycles. The first-order valence-corrected chi connectivity index (χ1v) is 7.27. The van der Waals surface area contributed by atoms with Crippen molar-refractivity contribution < 1.29 is 0 Å². The summed E-state index contributed by atoms with van der Waals surface area (Å²) in [5, 5.41) is 0. The van der Waals surface area contributed by atoms with Crippen molar-refractivity contribution in [1.82, 2.24) is 0 Å². The predicted molar refractivity (Wildman–Crippen MR) is 87.0 cm³/mol. The molecule has 0 radical (unpaired) electrons. The SMILES string of the molecule is C=CCCCC=CC.C=CCCCCCCC=C. The van der Waals surface area contributed by atoms with Gasteiger partial charge in [0, 0.05) is 0 Å². The lowest BCUT2D eigenvalue weighted by molar-refractivity contribution is 0.653. The zero-order chi connectivity index (χ0) is 13.9. The molecule has 104 valence electrons. The van der Waals surface area contributed by atoms with E-state index in [4.69, 9.17) is 0 Å². The summed E-state index contributed by atoms with van der Waals surface area (Å²) in [6.07, 6.45) is 21.5. The van der Waals surface area contributed by atoms with Crippen LogP contribution in [0.4, 0.5) is 0 Å². The van der Waals surface area contributed by atoms with E-state index in [1.54, 1.807) is 0 Å². The van der Waals surface area contributed by atoms with Crippen LogP contribution in [0.25, 0.3) is 0 Å². The second kappa shape index (κ2) is 21.3. The van der Waals surface area contributed by atoms with Crippen molar-refractivity contribution in [3.8, 4) is 0 Å². The number of hydrogen-bond acceptors (Lipinski definition) is 0. The van der Waals surface area contributed by atoms with Gasteiger partial charge in [-0.15, -0.1) is 19.7 Å². The Morgan fingerprint density at radius 2 is 1.06 bits per heavy atom. The molecule has 0 aromatic carbocycles. The van der Waals surface area contributed by atoms with Gasteiger partial charge in [-0.25, -0.2) is 0 Å². The summed E-state index contributed by atoms with van der Waals surface area (Å²) in [5.74, 6) is 0. The van der Waals surface area contributed by atoms with Crippen LogP contribution >= 0.6 is 0 Å². The molecule has 0 aromatic rings. The van der Waals surface area contributed by atoms with Gasteiger partial charge in [0.25, 0.3) is 0 Å². The van der Waals surface area contributed by atoms with Gasteiger partial charge in [0.15, 0.2) is 0 Å². The largest absolute Gasteiger partial charge is 0.103 e. The number of allylic oxidation sites excluding steroid dienone is 5. The van der Waals surface area contributed by atoms with Crippen molar-refractivity contribution in [3.63, 3.8) is 0 Å². The predicted octanol–water partition coefficient (Wildman–Crippen LogP) is 6.62. The summed E-state index contributed by atoms with van der Waals surface area (Å²) in [5.41, 5.74) is 0. The van der Waals surface area contributed by atoms with E-state index >= 15 is 0 Å². The third-order valence-electron chi connectivity index (χ3n) is 2.58. The topological polar surface area (TPSA) is 0 Å². The van der Waals surface area contributed by atoms with E-state index in [2.05, 4.69) is 31.9 Å². The molecule has 0 bridgehead atoms. The Kier molecular flexibility index (Phi) is 22.8. The molecule has 0 spiro atoms. The van der Waals surface area contributed by atoms with Gasteiger partial charge in [0.1, 0.15) is 0 Å². The maximum absolute atomic E-state index is 3.68. The molecule has 0 amide bonds. The summed E-state index contributed by atoms with van der Waals surface area (Å²) < 4.78 is 0. The quantitative estimate of drug-likeness (QED) is 0.285. The first kappa shape index (κ1) is 19.3. The molecule has 0 unspecified atom stereocenters. The van der Waals surface area contributed by atoms with E-state index in [0.717, 1.165) is 6.42 Å². The van der Waals surface area contributed by atoms with E-state index in [0.29, 0.717) is 0 Å². The Hall–Kier alpha value is -1.04. The van der Waals surface area contributed by atoms with Crippen LogP contribution in [-0.4, -0.2) is 0 Å². The molecular formula is C18H32. The van der Waals surface area contributed by atoms with Crippen LogP contribution in [0.3, 0.4) is 0 Å². The highest BCUT2D eigenvalue weighted by molar-refractivity contribution is 4.78. The first-order valence-electron chi connectivity index (χ1n) is 7.27. The van der Waals surface area contributed by atoms with Crippen LogP contribution in [0, 0.1) is 0 Å². The molecule has 0 rings (SSSR count). The molecule has 0 aliphatic heterocycles. The third kappa shape index (κ3) is 24.3. The molecule has 0 nitrogen and oxygen atoms in total. The lowest BCUT2D eigenvalue weighted by Crippen LogP contribution is -1.75. The molecule has 0 saturated heterocycles. The molecule has 0 aromatic heterocycles. The Labute approximate surface area is 115 Å². The molecular weight excluding hydrogens is 216 g/mol. The highest BCUT2D eigenvalue weighted by atomic mass is 13.9. The van der Waals surface area contributed by atoms with Crippen LogP contribution < -0.4 is 0 Å². The Bertz CT molecular complexity index is 186. The Balaban J connectivity index is 0. The fraction of sp³-hybridized carbons (Fsp3) is 0.556. The maximum Gasteiger partial charge on any atom is -0.0348 e. The van der Waals surface area contributed by atoms with Gasteiger partial charge in [0.05, 0.1) is 0 Å². The minimum Gasteiger partial charge on any atom is -0.103 e. The molecule has 0 heteroatoms. The molecule has 0 atom stereocenters. The third-order valence-corrected chi connectivity index (χ3v) is 2.58. The minimum atomic E-state index is 1.14. The number of hydrogen-bond donors (Lipinski definition) is 0. The second-order valence-corrected chi connectivity index (χ2v) is 4.36. The van der Waals surface area contributed by atoms with E-state index in [1.165, 1.54) is 51.4 Å². The van der Waals surface area contributed by atoms with Gasteiger partial charge in [-0.3, -0.25) is 0 Å². The van der Waals surface area contributed by atoms with E-state index in [1.807, 2.05) is 25.2 Å². The zero-order valence-electron chi connectivity index (χ0n) is 12.4. The molecule has 18 heavy (non-hydrogen) atoms. The lowest BCUT2D eigenvalue weighted by Gasteiger charge is -1.95. The Morgan fingerprint density at radius 1 is 0.611 bits per heavy atom. The lowest BCUT2D eigenvalue weighted by atomic mass is 10.1. The molecule has 0 aliphatic carbocycles. The fourth-order valence-corrected chi connectivity index (χ4v) is 1.48. The first-order chi connectivity index (χ1) is 8.83. The van der Waals surface area contributed by atoms with Gasteiger partial charge in [-0.1, -0.05) is 43.2 Å². The van der Waals surface area contributed by atoms with Crippen molar-refractivity contribution in [2.24, 2.45) is 0 Å². The number of rotatable bonds is 11. The maximum atomic E-state index is 3.68. The summed E-state index contributed by atoms with van der Waals surface area (Å²) >= 11 is 0. The molecule has 0 N–H and O–H groups in total. The van der Waals surface area contributed by atoms with Crippen molar-refractivity contribution in [2.45, 2.75) is 64.7 Å².